The number of aromatic nitrogens is 4. The summed E-state index contributed by atoms with van der Waals surface area (Å²) in [5.41, 5.74) is 4.76. The third-order valence-corrected chi connectivity index (χ3v) is 5.56. The van der Waals surface area contributed by atoms with Crippen molar-refractivity contribution in [1.29, 1.82) is 5.26 Å². The van der Waals surface area contributed by atoms with E-state index in [0.717, 1.165) is 33.2 Å². The average molecular weight is 398 g/mol. The number of para-hydroxylation sites is 1. The van der Waals surface area contributed by atoms with Crippen molar-refractivity contribution in [3.63, 3.8) is 0 Å². The van der Waals surface area contributed by atoms with Crippen LogP contribution in [0.1, 0.15) is 25.7 Å². The molecule has 1 saturated heterocycles. The van der Waals surface area contributed by atoms with Crippen LogP contribution >= 0.6 is 0 Å². The lowest BCUT2D eigenvalue weighted by Crippen LogP contribution is -2.27. The standard InChI is InChI=1S/C20H16N6O.C3H6/c1-24-19-14(11-23-24)3-2-4-16(19)15-9-18-17(5-7-22-26(18)12-15)25-8-6-13(10-21)20(25)27;1-2-3-1/h2-5,7,9,11-13H,6,8H2,1H3;1-3H2. The molecule has 1 amide bonds. The predicted octanol–water partition coefficient (Wildman–Crippen LogP) is 3.93. The van der Waals surface area contributed by atoms with Crippen molar-refractivity contribution in [1.82, 2.24) is 19.4 Å². The molecule has 0 radical (unpaired) electrons. The second-order valence-electron chi connectivity index (χ2n) is 7.81. The van der Waals surface area contributed by atoms with Crippen molar-refractivity contribution in [2.45, 2.75) is 25.7 Å². The van der Waals surface area contributed by atoms with E-state index in [1.807, 2.05) is 48.4 Å². The van der Waals surface area contributed by atoms with Crippen LogP contribution in [0.4, 0.5) is 5.69 Å². The summed E-state index contributed by atoms with van der Waals surface area (Å²) in [7, 11) is 1.93. The van der Waals surface area contributed by atoms with Gasteiger partial charge >= 0.3 is 0 Å². The Labute approximate surface area is 174 Å². The number of rotatable bonds is 2. The van der Waals surface area contributed by atoms with E-state index in [2.05, 4.69) is 22.3 Å². The molecule has 0 N–H and O–H groups in total. The average Bonchev–Trinajstić information content (AvgIpc) is 3.40. The Morgan fingerprint density at radius 2 is 2.00 bits per heavy atom. The number of fused-ring (bicyclic) bond motifs is 2. The first-order chi connectivity index (χ1) is 14.7. The Balaban J connectivity index is 0.000000592. The molecular weight excluding hydrogens is 376 g/mol. The van der Waals surface area contributed by atoms with Crippen molar-refractivity contribution >= 4 is 28.0 Å². The molecule has 1 aliphatic carbocycles. The van der Waals surface area contributed by atoms with Gasteiger partial charge in [0.05, 0.1) is 29.0 Å². The second kappa shape index (κ2) is 7.30. The molecule has 4 heterocycles. The Bertz CT molecular complexity index is 1290. The van der Waals surface area contributed by atoms with Gasteiger partial charge in [-0.25, -0.2) is 4.52 Å². The molecule has 1 saturated carbocycles. The van der Waals surface area contributed by atoms with Gasteiger partial charge in [0.25, 0.3) is 0 Å². The lowest BCUT2D eigenvalue weighted by Gasteiger charge is -2.16. The van der Waals surface area contributed by atoms with Gasteiger partial charge in [-0.15, -0.1) is 0 Å². The first kappa shape index (κ1) is 18.4. The Hall–Kier alpha value is -3.66. The lowest BCUT2D eigenvalue weighted by atomic mass is 10.1. The summed E-state index contributed by atoms with van der Waals surface area (Å²) in [6.45, 7) is 0.550. The van der Waals surface area contributed by atoms with E-state index >= 15 is 0 Å². The van der Waals surface area contributed by atoms with Crippen LogP contribution in [0.15, 0.2) is 48.9 Å². The highest BCUT2D eigenvalue weighted by atomic mass is 16.2. The predicted molar refractivity (Wildman–Crippen MR) is 115 cm³/mol. The van der Waals surface area contributed by atoms with Crippen LogP contribution < -0.4 is 4.90 Å². The third kappa shape index (κ3) is 3.11. The van der Waals surface area contributed by atoms with Gasteiger partial charge in [-0.05, 0) is 18.6 Å². The maximum Gasteiger partial charge on any atom is 0.244 e. The van der Waals surface area contributed by atoms with Gasteiger partial charge in [-0.2, -0.15) is 15.5 Å². The van der Waals surface area contributed by atoms with Crippen molar-refractivity contribution in [3.05, 3.63) is 48.9 Å². The molecule has 30 heavy (non-hydrogen) atoms. The van der Waals surface area contributed by atoms with Crippen LogP contribution in [0.5, 0.6) is 0 Å². The number of carbonyl (C=O) groups is 1. The minimum Gasteiger partial charge on any atom is -0.309 e. The summed E-state index contributed by atoms with van der Waals surface area (Å²) in [6.07, 6.45) is 10.6. The van der Waals surface area contributed by atoms with Crippen molar-refractivity contribution in [2.24, 2.45) is 13.0 Å². The number of hydrogen-bond acceptors (Lipinski definition) is 4. The quantitative estimate of drug-likeness (QED) is 0.512. The number of carbonyl (C=O) groups excluding carboxylic acids is 1. The summed E-state index contributed by atoms with van der Waals surface area (Å²) in [5, 5.41) is 19.0. The van der Waals surface area contributed by atoms with Crippen LogP contribution in [-0.2, 0) is 11.8 Å². The van der Waals surface area contributed by atoms with E-state index in [1.54, 1.807) is 15.6 Å². The summed E-state index contributed by atoms with van der Waals surface area (Å²) < 4.78 is 3.65. The van der Waals surface area contributed by atoms with Gasteiger partial charge in [-0.3, -0.25) is 9.48 Å². The normalized spacial score (nSPS) is 17.8. The molecule has 1 aliphatic heterocycles. The SMILES string of the molecule is C1CC1.Cn1ncc2cccc(-c3cc4c(N5CCC(C#N)C5=O)ccnn4c3)c21. The number of benzene rings is 1. The molecule has 7 heteroatoms. The largest absolute Gasteiger partial charge is 0.309 e. The first-order valence-corrected chi connectivity index (χ1v) is 10.3. The molecule has 0 spiro atoms. The zero-order chi connectivity index (χ0) is 20.7. The molecule has 1 atom stereocenters. The number of amides is 1. The van der Waals surface area contributed by atoms with Crippen LogP contribution in [0.2, 0.25) is 0 Å². The molecule has 4 aromatic rings. The molecule has 1 unspecified atom stereocenters. The van der Waals surface area contributed by atoms with Crippen LogP contribution in [0.3, 0.4) is 0 Å². The fourth-order valence-electron chi connectivity index (χ4n) is 3.88. The summed E-state index contributed by atoms with van der Waals surface area (Å²) in [4.78, 5) is 14.2. The van der Waals surface area contributed by atoms with Gasteiger partial charge in [0.1, 0.15) is 5.92 Å². The number of aryl methyl sites for hydroxylation is 1. The fourth-order valence-corrected chi connectivity index (χ4v) is 3.88. The van der Waals surface area contributed by atoms with Crippen molar-refractivity contribution < 1.29 is 4.79 Å². The zero-order valence-corrected chi connectivity index (χ0v) is 16.8. The summed E-state index contributed by atoms with van der Waals surface area (Å²) >= 11 is 0. The molecule has 7 nitrogen and oxygen atoms in total. The van der Waals surface area contributed by atoms with Crippen molar-refractivity contribution in [2.75, 3.05) is 11.4 Å². The summed E-state index contributed by atoms with van der Waals surface area (Å²) in [6, 6.07) is 12.1. The third-order valence-electron chi connectivity index (χ3n) is 5.56. The monoisotopic (exact) mass is 398 g/mol. The molecular formula is C23H22N6O. The van der Waals surface area contributed by atoms with Gasteiger partial charge in [0.15, 0.2) is 0 Å². The molecule has 6 rings (SSSR count). The smallest absolute Gasteiger partial charge is 0.244 e. The minimum atomic E-state index is -0.559. The maximum atomic E-state index is 12.5. The van der Waals surface area contributed by atoms with Gasteiger partial charge in [-0.1, -0.05) is 37.5 Å². The maximum absolute atomic E-state index is 12.5. The van der Waals surface area contributed by atoms with Crippen molar-refractivity contribution in [3.8, 4) is 17.2 Å². The second-order valence-corrected chi connectivity index (χ2v) is 7.81. The van der Waals surface area contributed by atoms with Gasteiger partial charge in [0, 0.05) is 42.5 Å². The molecule has 150 valence electrons. The highest BCUT2D eigenvalue weighted by molar-refractivity contribution is 6.03. The first-order valence-electron chi connectivity index (χ1n) is 10.3. The zero-order valence-electron chi connectivity index (χ0n) is 16.8. The number of nitriles is 1. The van der Waals surface area contributed by atoms with E-state index < -0.39 is 5.92 Å². The Morgan fingerprint density at radius 3 is 2.73 bits per heavy atom. The molecule has 0 bridgehead atoms. The highest BCUT2D eigenvalue weighted by Gasteiger charge is 2.33. The van der Waals surface area contributed by atoms with E-state index in [0.29, 0.717) is 13.0 Å². The lowest BCUT2D eigenvalue weighted by molar-refractivity contribution is -0.118. The number of hydrogen-bond donors (Lipinski definition) is 0. The molecule has 1 aromatic carbocycles. The Morgan fingerprint density at radius 1 is 1.17 bits per heavy atom. The van der Waals surface area contributed by atoms with E-state index in [-0.39, 0.29) is 5.91 Å². The Kier molecular flexibility index (Phi) is 4.47. The number of anilines is 1. The highest BCUT2D eigenvalue weighted by Crippen LogP contribution is 2.34. The fraction of sp³-hybridized carbons (Fsp3) is 0.304. The van der Waals surface area contributed by atoms with Crippen LogP contribution in [-0.4, -0.2) is 31.8 Å². The minimum absolute atomic E-state index is 0.137. The molecule has 2 fully saturated rings. The van der Waals surface area contributed by atoms with Crippen LogP contribution in [0, 0.1) is 17.2 Å². The molecule has 2 aliphatic rings. The van der Waals surface area contributed by atoms with Gasteiger partial charge in [0.2, 0.25) is 5.91 Å². The van der Waals surface area contributed by atoms with E-state index in [9.17, 15) is 4.79 Å². The molecule has 3 aromatic heterocycles. The van der Waals surface area contributed by atoms with E-state index in [1.165, 1.54) is 19.3 Å². The van der Waals surface area contributed by atoms with Crippen LogP contribution in [0.25, 0.3) is 27.5 Å². The number of nitrogens with zero attached hydrogens (tertiary/aromatic N) is 6. The summed E-state index contributed by atoms with van der Waals surface area (Å²) in [5.74, 6) is -0.696. The topological polar surface area (TPSA) is 79.2 Å². The van der Waals surface area contributed by atoms with E-state index in [4.69, 9.17) is 5.26 Å². The van der Waals surface area contributed by atoms with Gasteiger partial charge < -0.3 is 4.90 Å².